The molecule has 1 heterocycles. The third-order valence-corrected chi connectivity index (χ3v) is 4.51. The van der Waals surface area contributed by atoms with E-state index in [0.29, 0.717) is 19.0 Å². The largest absolute Gasteiger partial charge is 0.391 e. The van der Waals surface area contributed by atoms with Crippen LogP contribution in [0.15, 0.2) is 0 Å². The minimum absolute atomic E-state index is 0.162. The maximum absolute atomic E-state index is 11.9. The fourth-order valence-electron chi connectivity index (χ4n) is 1.89. The van der Waals surface area contributed by atoms with Gasteiger partial charge < -0.3 is 15.3 Å². The Morgan fingerprint density at radius 3 is 2.79 bits per heavy atom. The molecule has 1 aromatic rings. The molecule has 0 radical (unpaired) electrons. The molecule has 6 heteroatoms. The van der Waals surface area contributed by atoms with Gasteiger partial charge in [-0.25, -0.2) is 9.78 Å². The van der Waals surface area contributed by atoms with Gasteiger partial charge in [0, 0.05) is 18.5 Å². The second kappa shape index (κ2) is 5.88. The molecule has 1 atom stereocenters. The number of carbonyl (C=O) groups excluding carboxylic acids is 1. The number of likely N-dealkylation sites (N-methyl/N-ethyl adjacent to an activating group) is 1. The maximum Gasteiger partial charge on any atom is 0.317 e. The van der Waals surface area contributed by atoms with Gasteiger partial charge in [0.05, 0.1) is 18.3 Å². The summed E-state index contributed by atoms with van der Waals surface area (Å²) in [4.78, 5) is 19.0. The average molecular weight is 283 g/mol. The van der Waals surface area contributed by atoms with Crippen molar-refractivity contribution < 1.29 is 9.90 Å². The second-order valence-corrected chi connectivity index (χ2v) is 6.48. The first-order valence-corrected chi connectivity index (χ1v) is 7.39. The van der Waals surface area contributed by atoms with Crippen molar-refractivity contribution in [3.63, 3.8) is 0 Å². The van der Waals surface area contributed by atoms with E-state index < -0.39 is 0 Å². The van der Waals surface area contributed by atoms with Gasteiger partial charge in [-0.05, 0) is 32.6 Å². The van der Waals surface area contributed by atoms with Crippen molar-refractivity contribution in [1.82, 2.24) is 15.2 Å². The summed E-state index contributed by atoms with van der Waals surface area (Å²) in [5, 5.41) is 13.5. The first-order valence-electron chi connectivity index (χ1n) is 6.57. The van der Waals surface area contributed by atoms with Crippen molar-refractivity contribution in [3.8, 4) is 0 Å². The van der Waals surface area contributed by atoms with Gasteiger partial charge in [-0.3, -0.25) is 0 Å². The van der Waals surface area contributed by atoms with Crippen molar-refractivity contribution in [2.24, 2.45) is 5.92 Å². The molecule has 1 unspecified atom stereocenters. The van der Waals surface area contributed by atoms with Crippen LogP contribution in [0, 0.1) is 19.8 Å². The summed E-state index contributed by atoms with van der Waals surface area (Å²) < 4.78 is 0. The normalized spacial score (nSPS) is 16.2. The SMILES string of the molecule is Cc1nc(CNC(=O)N(C)CC(O)C2CC2)sc1C. The van der Waals surface area contributed by atoms with Gasteiger partial charge >= 0.3 is 6.03 Å². The molecule has 0 aromatic carbocycles. The van der Waals surface area contributed by atoms with Crippen LogP contribution < -0.4 is 5.32 Å². The van der Waals surface area contributed by atoms with E-state index in [9.17, 15) is 9.90 Å². The van der Waals surface area contributed by atoms with Gasteiger partial charge in [-0.1, -0.05) is 0 Å². The van der Waals surface area contributed by atoms with Crippen LogP contribution in [-0.4, -0.2) is 40.7 Å². The molecular formula is C13H21N3O2S. The minimum Gasteiger partial charge on any atom is -0.391 e. The van der Waals surface area contributed by atoms with Crippen LogP contribution in [0.2, 0.25) is 0 Å². The summed E-state index contributed by atoms with van der Waals surface area (Å²) in [7, 11) is 1.71. The Morgan fingerprint density at radius 2 is 2.26 bits per heavy atom. The minimum atomic E-state index is -0.389. The quantitative estimate of drug-likeness (QED) is 0.864. The van der Waals surface area contributed by atoms with Crippen LogP contribution in [-0.2, 0) is 6.54 Å². The van der Waals surface area contributed by atoms with E-state index in [4.69, 9.17) is 0 Å². The Hall–Kier alpha value is -1.14. The van der Waals surface area contributed by atoms with E-state index in [0.717, 1.165) is 23.5 Å². The fourth-order valence-corrected chi connectivity index (χ4v) is 2.77. The zero-order chi connectivity index (χ0) is 14.0. The Morgan fingerprint density at radius 1 is 1.58 bits per heavy atom. The molecule has 1 aromatic heterocycles. The molecule has 2 N–H and O–H groups in total. The smallest absolute Gasteiger partial charge is 0.317 e. The first kappa shape index (κ1) is 14.3. The highest BCUT2D eigenvalue weighted by Gasteiger charge is 2.31. The number of nitrogens with zero attached hydrogens (tertiary/aromatic N) is 2. The number of rotatable bonds is 5. The Kier molecular flexibility index (Phi) is 4.42. The van der Waals surface area contributed by atoms with E-state index in [1.54, 1.807) is 18.4 Å². The average Bonchev–Trinajstić information content (AvgIpc) is 3.14. The molecule has 106 valence electrons. The number of thiazole rings is 1. The lowest BCUT2D eigenvalue weighted by Crippen LogP contribution is -2.41. The maximum atomic E-state index is 11.9. The number of aliphatic hydroxyl groups excluding tert-OH is 1. The standard InChI is InChI=1S/C13H21N3O2S/c1-8-9(2)19-12(15-8)6-14-13(18)16(3)7-11(17)10-4-5-10/h10-11,17H,4-7H2,1-3H3,(H,14,18). The number of carbonyl (C=O) groups is 1. The molecule has 5 nitrogen and oxygen atoms in total. The number of nitrogens with one attached hydrogen (secondary N) is 1. The summed E-state index contributed by atoms with van der Waals surface area (Å²) in [6.07, 6.45) is 1.77. The van der Waals surface area contributed by atoms with E-state index in [2.05, 4.69) is 10.3 Å². The number of hydrogen-bond acceptors (Lipinski definition) is 4. The summed E-state index contributed by atoms with van der Waals surface area (Å²) in [6, 6.07) is -0.162. The molecule has 0 spiro atoms. The molecule has 19 heavy (non-hydrogen) atoms. The van der Waals surface area contributed by atoms with Gasteiger partial charge in [-0.2, -0.15) is 0 Å². The Bertz CT molecular complexity index is 437. The van der Waals surface area contributed by atoms with Crippen LogP contribution in [0.3, 0.4) is 0 Å². The molecule has 0 bridgehead atoms. The van der Waals surface area contributed by atoms with E-state index in [1.807, 2.05) is 13.8 Å². The van der Waals surface area contributed by atoms with Crippen molar-refractivity contribution in [3.05, 3.63) is 15.6 Å². The zero-order valence-corrected chi connectivity index (χ0v) is 12.5. The lowest BCUT2D eigenvalue weighted by Gasteiger charge is -2.20. The number of aromatic nitrogens is 1. The van der Waals surface area contributed by atoms with Gasteiger partial charge in [0.2, 0.25) is 0 Å². The molecule has 1 saturated carbocycles. The highest BCUT2D eigenvalue weighted by atomic mass is 32.1. The third kappa shape index (κ3) is 3.91. The number of hydrogen-bond donors (Lipinski definition) is 2. The van der Waals surface area contributed by atoms with Crippen molar-refractivity contribution in [2.45, 2.75) is 39.3 Å². The van der Waals surface area contributed by atoms with Gasteiger partial charge in [0.25, 0.3) is 0 Å². The molecule has 1 aliphatic carbocycles. The lowest BCUT2D eigenvalue weighted by molar-refractivity contribution is 0.113. The molecule has 0 saturated heterocycles. The van der Waals surface area contributed by atoms with Crippen molar-refractivity contribution in [2.75, 3.05) is 13.6 Å². The third-order valence-electron chi connectivity index (χ3n) is 3.44. The number of urea groups is 1. The molecule has 2 amide bonds. The predicted octanol–water partition coefficient (Wildman–Crippen LogP) is 1.67. The van der Waals surface area contributed by atoms with Crippen LogP contribution >= 0.6 is 11.3 Å². The molecule has 1 fully saturated rings. The summed E-state index contributed by atoms with van der Waals surface area (Å²) in [5.74, 6) is 0.388. The van der Waals surface area contributed by atoms with Gasteiger partial charge in [0.15, 0.2) is 0 Å². The van der Waals surface area contributed by atoms with Crippen LogP contribution in [0.5, 0.6) is 0 Å². The van der Waals surface area contributed by atoms with Gasteiger partial charge in [0.1, 0.15) is 5.01 Å². The van der Waals surface area contributed by atoms with Crippen LogP contribution in [0.1, 0.15) is 28.4 Å². The second-order valence-electron chi connectivity index (χ2n) is 5.19. The van der Waals surface area contributed by atoms with Crippen LogP contribution in [0.25, 0.3) is 0 Å². The van der Waals surface area contributed by atoms with Crippen molar-refractivity contribution in [1.29, 1.82) is 0 Å². The van der Waals surface area contributed by atoms with Crippen molar-refractivity contribution >= 4 is 17.4 Å². The van der Waals surface area contributed by atoms with E-state index in [1.165, 1.54) is 9.78 Å². The van der Waals surface area contributed by atoms with Gasteiger partial charge in [-0.15, -0.1) is 11.3 Å². The van der Waals surface area contributed by atoms with E-state index in [-0.39, 0.29) is 12.1 Å². The number of aryl methyl sites for hydroxylation is 2. The van der Waals surface area contributed by atoms with Crippen LogP contribution in [0.4, 0.5) is 4.79 Å². The summed E-state index contributed by atoms with van der Waals surface area (Å²) in [5.41, 5.74) is 1.02. The highest BCUT2D eigenvalue weighted by molar-refractivity contribution is 7.11. The van der Waals surface area contributed by atoms with E-state index >= 15 is 0 Å². The summed E-state index contributed by atoms with van der Waals surface area (Å²) >= 11 is 1.60. The monoisotopic (exact) mass is 283 g/mol. The fraction of sp³-hybridized carbons (Fsp3) is 0.692. The summed E-state index contributed by atoms with van der Waals surface area (Å²) in [6.45, 7) is 4.83. The molecule has 1 aliphatic rings. The molecule has 2 rings (SSSR count). The molecular weight excluding hydrogens is 262 g/mol. The highest BCUT2D eigenvalue weighted by Crippen LogP contribution is 2.32. The topological polar surface area (TPSA) is 65.5 Å². The first-order chi connectivity index (χ1) is 8.97. The molecule has 0 aliphatic heterocycles. The lowest BCUT2D eigenvalue weighted by atomic mass is 10.2. The zero-order valence-electron chi connectivity index (χ0n) is 11.6. The Balaban J connectivity index is 1.76. The predicted molar refractivity (Wildman–Crippen MR) is 75.2 cm³/mol. The number of aliphatic hydroxyl groups is 1. The number of amides is 2. The Labute approximate surface area is 117 Å².